The van der Waals surface area contributed by atoms with E-state index in [1.165, 1.54) is 0 Å². The van der Waals surface area contributed by atoms with Gasteiger partial charge >= 0.3 is 5.97 Å². The second kappa shape index (κ2) is 9.29. The monoisotopic (exact) mass is 335 g/mol. The quantitative estimate of drug-likeness (QED) is 0.675. The minimum Gasteiger partial charge on any atom is -0.442 e. The molecule has 0 bridgehead atoms. The molecule has 0 saturated carbocycles. The van der Waals surface area contributed by atoms with Gasteiger partial charge in [0.25, 0.3) is 5.91 Å². The van der Waals surface area contributed by atoms with Crippen molar-refractivity contribution in [2.24, 2.45) is 5.92 Å². The zero-order chi connectivity index (χ0) is 18.1. The number of hydrogen-bond acceptors (Lipinski definition) is 3. The number of carbonyl (C=O) groups is 2. The molecular formula is C21H21NO3. The van der Waals surface area contributed by atoms with Crippen LogP contribution in [0, 0.1) is 17.8 Å². The number of carbonyl (C=O) groups excluding carboxylic acids is 2. The van der Waals surface area contributed by atoms with Crippen LogP contribution in [0.2, 0.25) is 0 Å². The van der Waals surface area contributed by atoms with Crippen molar-refractivity contribution in [2.45, 2.75) is 26.5 Å². The molecular weight excluding hydrogens is 314 g/mol. The van der Waals surface area contributed by atoms with Crippen LogP contribution in [0.15, 0.2) is 60.7 Å². The Hall–Kier alpha value is -3.06. The summed E-state index contributed by atoms with van der Waals surface area (Å²) in [5, 5.41) is 2.80. The average Bonchev–Trinajstić information content (AvgIpc) is 2.64. The topological polar surface area (TPSA) is 55.4 Å². The van der Waals surface area contributed by atoms with Crippen LogP contribution in [-0.2, 0) is 20.9 Å². The Kier molecular flexibility index (Phi) is 6.79. The van der Waals surface area contributed by atoms with E-state index in [0.717, 1.165) is 5.56 Å². The van der Waals surface area contributed by atoms with Gasteiger partial charge in [0.1, 0.15) is 0 Å². The summed E-state index contributed by atoms with van der Waals surface area (Å²) < 4.78 is 5.26. The Balaban J connectivity index is 1.94. The van der Waals surface area contributed by atoms with E-state index in [1.54, 1.807) is 12.1 Å². The molecule has 1 unspecified atom stereocenters. The second-order valence-electron chi connectivity index (χ2n) is 5.89. The third-order valence-corrected chi connectivity index (χ3v) is 3.49. The smallest absolute Gasteiger partial charge is 0.385 e. The SMILES string of the molecule is CC(C)C(OC(=O)C#Cc1ccccc1)C(=O)NCc1ccccc1. The van der Waals surface area contributed by atoms with Crippen molar-refractivity contribution in [1.82, 2.24) is 5.32 Å². The van der Waals surface area contributed by atoms with Crippen LogP contribution in [0.5, 0.6) is 0 Å². The maximum absolute atomic E-state index is 12.3. The largest absolute Gasteiger partial charge is 0.442 e. The molecule has 0 aliphatic heterocycles. The molecule has 2 aromatic rings. The summed E-state index contributed by atoms with van der Waals surface area (Å²) in [6, 6.07) is 18.7. The Morgan fingerprint density at radius 1 is 1.00 bits per heavy atom. The van der Waals surface area contributed by atoms with Gasteiger partial charge in [-0.25, -0.2) is 4.79 Å². The van der Waals surface area contributed by atoms with Gasteiger partial charge in [0, 0.05) is 18.0 Å². The van der Waals surface area contributed by atoms with E-state index in [-0.39, 0.29) is 11.8 Å². The lowest BCUT2D eigenvalue weighted by atomic mass is 10.1. The molecule has 2 aromatic carbocycles. The maximum atomic E-state index is 12.3. The summed E-state index contributed by atoms with van der Waals surface area (Å²) in [4.78, 5) is 24.3. The van der Waals surface area contributed by atoms with Crippen molar-refractivity contribution < 1.29 is 14.3 Å². The molecule has 4 heteroatoms. The number of ether oxygens (including phenoxy) is 1. The summed E-state index contributed by atoms with van der Waals surface area (Å²) in [6.07, 6.45) is -0.874. The molecule has 4 nitrogen and oxygen atoms in total. The highest BCUT2D eigenvalue weighted by Crippen LogP contribution is 2.08. The summed E-state index contributed by atoms with van der Waals surface area (Å²) in [7, 11) is 0. The number of rotatable bonds is 5. The molecule has 2 rings (SSSR count). The standard InChI is InChI=1S/C21H21NO3/c1-16(2)20(21(24)22-15-18-11-7-4-8-12-18)25-19(23)14-13-17-9-5-3-6-10-17/h3-12,16,20H,15H2,1-2H3,(H,22,24). The van der Waals surface area contributed by atoms with Crippen molar-refractivity contribution in [3.8, 4) is 11.8 Å². The molecule has 0 heterocycles. The van der Waals surface area contributed by atoms with Gasteiger partial charge in [-0.2, -0.15) is 0 Å². The Morgan fingerprint density at radius 2 is 1.60 bits per heavy atom. The third kappa shape index (κ3) is 6.15. The summed E-state index contributed by atoms with van der Waals surface area (Å²) in [6.45, 7) is 4.03. The number of nitrogens with one attached hydrogen (secondary N) is 1. The molecule has 1 atom stereocenters. The van der Waals surface area contributed by atoms with Gasteiger partial charge in [-0.15, -0.1) is 0 Å². The van der Waals surface area contributed by atoms with E-state index >= 15 is 0 Å². The lowest BCUT2D eigenvalue weighted by molar-refractivity contribution is -0.153. The molecule has 0 fully saturated rings. The van der Waals surface area contributed by atoms with Gasteiger partial charge in [0.2, 0.25) is 0 Å². The van der Waals surface area contributed by atoms with Gasteiger partial charge in [-0.1, -0.05) is 68.3 Å². The highest BCUT2D eigenvalue weighted by atomic mass is 16.5. The van der Waals surface area contributed by atoms with E-state index in [4.69, 9.17) is 4.74 Å². The maximum Gasteiger partial charge on any atom is 0.385 e. The predicted octanol–water partition coefficient (Wildman–Crippen LogP) is 2.92. The zero-order valence-electron chi connectivity index (χ0n) is 14.4. The van der Waals surface area contributed by atoms with Gasteiger partial charge in [0.05, 0.1) is 0 Å². The lowest BCUT2D eigenvalue weighted by Gasteiger charge is -2.19. The van der Waals surface area contributed by atoms with E-state index in [2.05, 4.69) is 17.2 Å². The fourth-order valence-electron chi connectivity index (χ4n) is 2.17. The first-order valence-electron chi connectivity index (χ1n) is 8.15. The van der Waals surface area contributed by atoms with Gasteiger partial charge in [-0.3, -0.25) is 4.79 Å². The highest BCUT2D eigenvalue weighted by Gasteiger charge is 2.25. The van der Waals surface area contributed by atoms with Crippen LogP contribution in [0.3, 0.4) is 0 Å². The Morgan fingerprint density at radius 3 is 2.20 bits per heavy atom. The van der Waals surface area contributed by atoms with E-state index < -0.39 is 12.1 Å². The molecule has 0 radical (unpaired) electrons. The van der Waals surface area contributed by atoms with E-state index in [0.29, 0.717) is 12.1 Å². The van der Waals surface area contributed by atoms with Crippen molar-refractivity contribution in [2.75, 3.05) is 0 Å². The summed E-state index contributed by atoms with van der Waals surface area (Å²) in [5.41, 5.74) is 1.70. The van der Waals surface area contributed by atoms with Gasteiger partial charge < -0.3 is 10.1 Å². The Bertz CT molecular complexity index is 758. The van der Waals surface area contributed by atoms with E-state index in [9.17, 15) is 9.59 Å². The molecule has 25 heavy (non-hydrogen) atoms. The van der Waals surface area contributed by atoms with Crippen LogP contribution < -0.4 is 5.32 Å². The first kappa shape index (κ1) is 18.3. The molecule has 0 aliphatic carbocycles. The van der Waals surface area contributed by atoms with Crippen LogP contribution in [0.25, 0.3) is 0 Å². The number of amides is 1. The minimum atomic E-state index is -0.874. The zero-order valence-corrected chi connectivity index (χ0v) is 14.4. The van der Waals surface area contributed by atoms with Gasteiger partial charge in [-0.05, 0) is 23.6 Å². The third-order valence-electron chi connectivity index (χ3n) is 3.49. The van der Waals surface area contributed by atoms with Crippen LogP contribution in [0.4, 0.5) is 0 Å². The first-order chi connectivity index (χ1) is 12.1. The van der Waals surface area contributed by atoms with Gasteiger partial charge in [0.15, 0.2) is 6.10 Å². The van der Waals surface area contributed by atoms with E-state index in [1.807, 2.05) is 62.4 Å². The second-order valence-corrected chi connectivity index (χ2v) is 5.89. The predicted molar refractivity (Wildman–Crippen MR) is 96.3 cm³/mol. The Labute approximate surface area is 148 Å². The average molecular weight is 335 g/mol. The minimum absolute atomic E-state index is 0.154. The highest BCUT2D eigenvalue weighted by molar-refractivity contribution is 5.92. The molecule has 0 aromatic heterocycles. The first-order valence-corrected chi connectivity index (χ1v) is 8.15. The van der Waals surface area contributed by atoms with Crippen molar-refractivity contribution in [3.05, 3.63) is 71.8 Å². The normalized spacial score (nSPS) is 11.2. The fourth-order valence-corrected chi connectivity index (χ4v) is 2.17. The summed E-state index contributed by atoms with van der Waals surface area (Å²) >= 11 is 0. The fraction of sp³-hybridized carbons (Fsp3) is 0.238. The van der Waals surface area contributed by atoms with Crippen molar-refractivity contribution in [1.29, 1.82) is 0 Å². The number of hydrogen-bond donors (Lipinski definition) is 1. The lowest BCUT2D eigenvalue weighted by Crippen LogP contribution is -2.40. The molecule has 0 saturated heterocycles. The molecule has 128 valence electrons. The van der Waals surface area contributed by atoms with Crippen molar-refractivity contribution in [3.63, 3.8) is 0 Å². The molecule has 1 amide bonds. The molecule has 1 N–H and O–H groups in total. The van der Waals surface area contributed by atoms with Crippen molar-refractivity contribution >= 4 is 11.9 Å². The number of benzene rings is 2. The number of esters is 1. The van der Waals surface area contributed by atoms with Crippen LogP contribution >= 0.6 is 0 Å². The molecule has 0 spiro atoms. The summed E-state index contributed by atoms with van der Waals surface area (Å²) in [5.74, 6) is 3.96. The van der Waals surface area contributed by atoms with Crippen LogP contribution in [0.1, 0.15) is 25.0 Å². The van der Waals surface area contributed by atoms with Crippen LogP contribution in [-0.4, -0.2) is 18.0 Å². The molecule has 0 aliphatic rings.